The molecule has 0 fully saturated rings. The second-order valence-corrected chi connectivity index (χ2v) is 4.35. The maximum absolute atomic E-state index is 12.5. The number of alkyl halides is 3. The Hall–Kier alpha value is -2.57. The molecule has 1 aromatic carbocycles. The van der Waals surface area contributed by atoms with Gasteiger partial charge in [0.2, 0.25) is 0 Å². The number of nitrogens with two attached hydrogens (primary N) is 1. The highest BCUT2D eigenvalue weighted by atomic mass is 19.4. The molecule has 2 rings (SSSR count). The molecule has 0 aliphatic carbocycles. The predicted octanol–water partition coefficient (Wildman–Crippen LogP) is 2.94. The lowest BCUT2D eigenvalue weighted by Gasteiger charge is -2.08. The third kappa shape index (κ3) is 3.95. The van der Waals surface area contributed by atoms with Crippen LogP contribution in [0.25, 0.3) is 11.3 Å². The second-order valence-electron chi connectivity index (χ2n) is 4.35. The molecule has 0 spiro atoms. The first-order valence-corrected chi connectivity index (χ1v) is 6.02. The van der Waals surface area contributed by atoms with Gasteiger partial charge in [0.05, 0.1) is 11.3 Å². The van der Waals surface area contributed by atoms with E-state index in [1.807, 2.05) is 0 Å². The zero-order valence-electron chi connectivity index (χ0n) is 10.8. The van der Waals surface area contributed by atoms with Gasteiger partial charge in [-0.1, -0.05) is 18.2 Å². The van der Waals surface area contributed by atoms with Crippen molar-refractivity contribution in [3.05, 3.63) is 53.7 Å². The third-order valence-electron chi connectivity index (χ3n) is 2.78. The largest absolute Gasteiger partial charge is 0.417 e. The van der Waals surface area contributed by atoms with Crippen LogP contribution in [0, 0.1) is 0 Å². The first-order valence-electron chi connectivity index (χ1n) is 6.02. The van der Waals surface area contributed by atoms with Crippen molar-refractivity contribution in [2.75, 3.05) is 0 Å². The summed E-state index contributed by atoms with van der Waals surface area (Å²) in [6.07, 6.45) is -3.61. The average molecular weight is 295 g/mol. The molecule has 0 saturated heterocycles. The van der Waals surface area contributed by atoms with E-state index in [1.54, 1.807) is 24.3 Å². The van der Waals surface area contributed by atoms with E-state index in [4.69, 9.17) is 5.73 Å². The van der Waals surface area contributed by atoms with Gasteiger partial charge >= 0.3 is 12.2 Å². The van der Waals surface area contributed by atoms with Crippen LogP contribution in [-0.4, -0.2) is 11.0 Å². The Morgan fingerprint density at radius 3 is 2.57 bits per heavy atom. The van der Waals surface area contributed by atoms with Gasteiger partial charge in [0, 0.05) is 18.3 Å². The average Bonchev–Trinajstić information content (AvgIpc) is 2.45. The van der Waals surface area contributed by atoms with Crippen molar-refractivity contribution < 1.29 is 18.0 Å². The zero-order chi connectivity index (χ0) is 15.5. The Morgan fingerprint density at radius 1 is 1.24 bits per heavy atom. The highest BCUT2D eigenvalue weighted by molar-refractivity contribution is 5.71. The lowest BCUT2D eigenvalue weighted by atomic mass is 10.1. The third-order valence-corrected chi connectivity index (χ3v) is 2.78. The van der Waals surface area contributed by atoms with E-state index in [1.165, 1.54) is 6.07 Å². The molecule has 0 radical (unpaired) electrons. The monoisotopic (exact) mass is 295 g/mol. The van der Waals surface area contributed by atoms with Gasteiger partial charge < -0.3 is 11.1 Å². The molecule has 3 N–H and O–H groups in total. The van der Waals surface area contributed by atoms with Gasteiger partial charge in [-0.25, -0.2) is 4.79 Å². The Labute approximate surface area is 118 Å². The molecule has 0 aliphatic rings. The Kier molecular flexibility index (Phi) is 4.11. The molecule has 0 unspecified atom stereocenters. The smallest absolute Gasteiger partial charge is 0.352 e. The zero-order valence-corrected chi connectivity index (χ0v) is 10.8. The molecule has 2 amide bonds. The molecule has 0 bridgehead atoms. The number of pyridine rings is 1. The summed E-state index contributed by atoms with van der Waals surface area (Å²) in [6, 6.07) is 8.60. The lowest BCUT2D eigenvalue weighted by molar-refractivity contribution is -0.137. The van der Waals surface area contributed by atoms with E-state index in [0.717, 1.165) is 17.8 Å². The van der Waals surface area contributed by atoms with Crippen molar-refractivity contribution in [1.29, 1.82) is 0 Å². The number of aromatic nitrogens is 1. The van der Waals surface area contributed by atoms with Crippen LogP contribution in [0.15, 0.2) is 42.6 Å². The number of nitrogens with one attached hydrogen (secondary N) is 1. The molecule has 1 heterocycles. The summed E-state index contributed by atoms with van der Waals surface area (Å²) >= 11 is 0. The van der Waals surface area contributed by atoms with Gasteiger partial charge in [-0.15, -0.1) is 0 Å². The van der Waals surface area contributed by atoms with E-state index in [9.17, 15) is 18.0 Å². The number of halogens is 3. The minimum atomic E-state index is -4.40. The molecule has 7 heteroatoms. The van der Waals surface area contributed by atoms with E-state index < -0.39 is 17.8 Å². The number of benzene rings is 1. The fourth-order valence-electron chi connectivity index (χ4n) is 1.76. The van der Waals surface area contributed by atoms with Crippen LogP contribution < -0.4 is 11.1 Å². The van der Waals surface area contributed by atoms with Crippen LogP contribution in [0.3, 0.4) is 0 Å². The summed E-state index contributed by atoms with van der Waals surface area (Å²) in [5, 5.41) is 2.44. The van der Waals surface area contributed by atoms with Crippen molar-refractivity contribution in [1.82, 2.24) is 10.3 Å². The number of carbonyl (C=O) groups is 1. The molecule has 0 aliphatic heterocycles. The molecule has 0 saturated carbocycles. The minimum Gasteiger partial charge on any atom is -0.352 e. The van der Waals surface area contributed by atoms with Crippen LogP contribution in [0.2, 0.25) is 0 Å². The van der Waals surface area contributed by atoms with Crippen molar-refractivity contribution in [3.8, 4) is 11.3 Å². The second kappa shape index (κ2) is 5.82. The maximum Gasteiger partial charge on any atom is 0.417 e. The summed E-state index contributed by atoms with van der Waals surface area (Å²) in [4.78, 5) is 14.5. The Morgan fingerprint density at radius 2 is 2.00 bits per heavy atom. The summed E-state index contributed by atoms with van der Waals surface area (Å²) in [5.41, 5.74) is 6.04. The fourth-order valence-corrected chi connectivity index (χ4v) is 1.76. The molecular formula is C14H12F3N3O. The minimum absolute atomic E-state index is 0.240. The number of hydrogen-bond acceptors (Lipinski definition) is 2. The molecule has 1 aromatic heterocycles. The summed E-state index contributed by atoms with van der Waals surface area (Å²) < 4.78 is 37.4. The normalized spacial score (nSPS) is 11.2. The first kappa shape index (κ1) is 14.8. The molecular weight excluding hydrogens is 283 g/mol. The number of amides is 2. The Bertz CT molecular complexity index is 639. The quantitative estimate of drug-likeness (QED) is 0.914. The fraction of sp³-hybridized carbons (Fsp3) is 0.143. The summed E-state index contributed by atoms with van der Waals surface area (Å²) in [5.74, 6) is 0. The number of urea groups is 1. The number of hydrogen-bond donors (Lipinski definition) is 2. The highest BCUT2D eigenvalue weighted by Crippen LogP contribution is 2.29. The molecule has 0 atom stereocenters. The topological polar surface area (TPSA) is 68.0 Å². The van der Waals surface area contributed by atoms with Gasteiger partial charge in [0.1, 0.15) is 0 Å². The molecule has 21 heavy (non-hydrogen) atoms. The highest BCUT2D eigenvalue weighted by Gasteiger charge is 2.30. The van der Waals surface area contributed by atoms with Crippen LogP contribution in [0.1, 0.15) is 11.1 Å². The van der Waals surface area contributed by atoms with Gasteiger partial charge in [-0.2, -0.15) is 13.2 Å². The van der Waals surface area contributed by atoms with Crippen molar-refractivity contribution in [2.45, 2.75) is 12.7 Å². The summed E-state index contributed by atoms with van der Waals surface area (Å²) in [7, 11) is 0. The van der Waals surface area contributed by atoms with Crippen molar-refractivity contribution in [3.63, 3.8) is 0 Å². The standard InChI is InChI=1S/C14H12F3N3O/c15-14(16,17)11-4-5-12(19-8-11)10-3-1-2-9(6-10)7-20-13(18)21/h1-6,8H,7H2,(H3,18,20,21). The Balaban J connectivity index is 2.22. The molecule has 110 valence electrons. The number of nitrogens with zero attached hydrogens (tertiary/aromatic N) is 1. The van der Waals surface area contributed by atoms with E-state index >= 15 is 0 Å². The summed E-state index contributed by atoms with van der Waals surface area (Å²) in [6.45, 7) is 0.240. The van der Waals surface area contributed by atoms with Gasteiger partial charge in [0.25, 0.3) is 0 Å². The number of primary amides is 1. The van der Waals surface area contributed by atoms with Gasteiger partial charge in [-0.05, 0) is 23.8 Å². The van der Waals surface area contributed by atoms with Crippen LogP contribution >= 0.6 is 0 Å². The number of rotatable bonds is 3. The van der Waals surface area contributed by atoms with Crippen LogP contribution in [-0.2, 0) is 12.7 Å². The van der Waals surface area contributed by atoms with Crippen LogP contribution in [0.4, 0.5) is 18.0 Å². The van der Waals surface area contributed by atoms with E-state index in [0.29, 0.717) is 11.3 Å². The van der Waals surface area contributed by atoms with Gasteiger partial charge in [0.15, 0.2) is 0 Å². The predicted molar refractivity (Wildman–Crippen MR) is 71.1 cm³/mol. The van der Waals surface area contributed by atoms with E-state index in [-0.39, 0.29) is 6.54 Å². The molecule has 2 aromatic rings. The van der Waals surface area contributed by atoms with E-state index in [2.05, 4.69) is 10.3 Å². The SMILES string of the molecule is NC(=O)NCc1cccc(-c2ccc(C(F)(F)F)cn2)c1. The first-order chi connectivity index (χ1) is 9.86. The van der Waals surface area contributed by atoms with Gasteiger partial charge in [-0.3, -0.25) is 4.98 Å². The number of carbonyl (C=O) groups excluding carboxylic acids is 1. The maximum atomic E-state index is 12.5. The van der Waals surface area contributed by atoms with Crippen LogP contribution in [0.5, 0.6) is 0 Å². The van der Waals surface area contributed by atoms with Crippen molar-refractivity contribution >= 4 is 6.03 Å². The lowest BCUT2D eigenvalue weighted by Crippen LogP contribution is -2.28. The van der Waals surface area contributed by atoms with Crippen molar-refractivity contribution in [2.24, 2.45) is 5.73 Å². The molecule has 4 nitrogen and oxygen atoms in total.